The maximum absolute atomic E-state index is 3.86. The third-order valence-electron chi connectivity index (χ3n) is 3.71. The molecule has 1 N–H and O–H groups in total. The molecule has 0 aromatic carbocycles. The number of hydrogen-bond donors (Lipinski definition) is 1. The molecule has 1 saturated carbocycles. The van der Waals surface area contributed by atoms with E-state index >= 15 is 0 Å². The van der Waals surface area contributed by atoms with Crippen LogP contribution < -0.4 is 5.32 Å². The minimum absolute atomic E-state index is 0.572. The topological polar surface area (TPSA) is 12.0 Å². The Kier molecular flexibility index (Phi) is 3.13. The first kappa shape index (κ1) is 10.8. The average molecular weight is 213 g/mol. The van der Waals surface area contributed by atoms with Crippen molar-refractivity contribution in [2.45, 2.75) is 52.1 Å². The molecule has 2 fully saturated rings. The van der Waals surface area contributed by atoms with Crippen molar-refractivity contribution in [2.75, 3.05) is 11.5 Å². The zero-order chi connectivity index (χ0) is 10.2. The molecule has 1 nitrogen and oxygen atoms in total. The lowest BCUT2D eigenvalue weighted by Crippen LogP contribution is -2.40. The van der Waals surface area contributed by atoms with Gasteiger partial charge in [0.25, 0.3) is 0 Å². The van der Waals surface area contributed by atoms with Gasteiger partial charge in [0.15, 0.2) is 0 Å². The van der Waals surface area contributed by atoms with Gasteiger partial charge < -0.3 is 5.32 Å². The van der Waals surface area contributed by atoms with Gasteiger partial charge in [0, 0.05) is 17.8 Å². The molecule has 3 unspecified atom stereocenters. The maximum Gasteiger partial charge on any atom is 0.0168 e. The van der Waals surface area contributed by atoms with Gasteiger partial charge >= 0.3 is 0 Å². The molecule has 0 radical (unpaired) electrons. The highest BCUT2D eigenvalue weighted by atomic mass is 32.2. The summed E-state index contributed by atoms with van der Waals surface area (Å²) in [6.45, 7) is 7.23. The second kappa shape index (κ2) is 4.05. The van der Waals surface area contributed by atoms with Crippen LogP contribution >= 0.6 is 11.8 Å². The summed E-state index contributed by atoms with van der Waals surface area (Å²) in [6.07, 6.45) is 4.15. The Morgan fingerprint density at radius 3 is 2.57 bits per heavy atom. The van der Waals surface area contributed by atoms with Crippen LogP contribution in [0.15, 0.2) is 0 Å². The lowest BCUT2D eigenvalue weighted by Gasteiger charge is -2.22. The Bertz CT molecular complexity index is 196. The Morgan fingerprint density at radius 2 is 2.07 bits per heavy atom. The Balaban J connectivity index is 1.86. The highest BCUT2D eigenvalue weighted by Gasteiger charge is 2.37. The summed E-state index contributed by atoms with van der Waals surface area (Å²) < 4.78 is 0. The number of rotatable bonds is 2. The molecular weight excluding hydrogens is 190 g/mol. The lowest BCUT2D eigenvalue weighted by atomic mass is 9.91. The van der Waals surface area contributed by atoms with Crippen LogP contribution in [0.2, 0.25) is 0 Å². The normalized spacial score (nSPS) is 41.8. The summed E-state index contributed by atoms with van der Waals surface area (Å²) in [5.74, 6) is 3.57. The van der Waals surface area contributed by atoms with Crippen LogP contribution in [0.5, 0.6) is 0 Å². The quantitative estimate of drug-likeness (QED) is 0.757. The highest BCUT2D eigenvalue weighted by Crippen LogP contribution is 2.41. The van der Waals surface area contributed by atoms with Gasteiger partial charge in [-0.05, 0) is 36.3 Å². The SMILES string of the molecule is CC1CC(C)(C)CC1NC1CCSC1. The summed E-state index contributed by atoms with van der Waals surface area (Å²) in [7, 11) is 0. The largest absolute Gasteiger partial charge is 0.310 e. The van der Waals surface area contributed by atoms with Crippen molar-refractivity contribution in [2.24, 2.45) is 11.3 Å². The van der Waals surface area contributed by atoms with Crippen LogP contribution in [-0.2, 0) is 0 Å². The van der Waals surface area contributed by atoms with E-state index in [0.29, 0.717) is 5.41 Å². The van der Waals surface area contributed by atoms with Crippen molar-refractivity contribution in [1.29, 1.82) is 0 Å². The predicted molar refractivity (Wildman–Crippen MR) is 64.8 cm³/mol. The van der Waals surface area contributed by atoms with E-state index in [1.807, 2.05) is 0 Å². The molecule has 1 aliphatic heterocycles. The molecular formula is C12H23NS. The molecule has 1 heterocycles. The van der Waals surface area contributed by atoms with Gasteiger partial charge in [-0.15, -0.1) is 0 Å². The zero-order valence-corrected chi connectivity index (χ0v) is 10.5. The van der Waals surface area contributed by atoms with Gasteiger partial charge in [-0.25, -0.2) is 0 Å². The standard InChI is InChI=1S/C12H23NS/c1-9-6-12(2,3)7-11(9)13-10-4-5-14-8-10/h9-11,13H,4-8H2,1-3H3. The van der Waals surface area contributed by atoms with Crippen LogP contribution in [0.4, 0.5) is 0 Å². The molecule has 0 spiro atoms. The third kappa shape index (κ3) is 2.46. The Hall–Kier alpha value is 0.310. The minimum Gasteiger partial charge on any atom is -0.310 e. The van der Waals surface area contributed by atoms with Crippen molar-refractivity contribution in [3.05, 3.63) is 0 Å². The molecule has 14 heavy (non-hydrogen) atoms. The summed E-state index contributed by atoms with van der Waals surface area (Å²) >= 11 is 2.10. The van der Waals surface area contributed by atoms with Crippen LogP contribution in [0.3, 0.4) is 0 Å². The van der Waals surface area contributed by atoms with Gasteiger partial charge in [-0.2, -0.15) is 11.8 Å². The molecule has 2 aliphatic rings. The molecule has 0 bridgehead atoms. The van der Waals surface area contributed by atoms with Gasteiger partial charge in [-0.1, -0.05) is 20.8 Å². The van der Waals surface area contributed by atoms with E-state index in [2.05, 4.69) is 37.8 Å². The van der Waals surface area contributed by atoms with Gasteiger partial charge in [0.2, 0.25) is 0 Å². The maximum atomic E-state index is 3.86. The van der Waals surface area contributed by atoms with Crippen LogP contribution in [0.1, 0.15) is 40.0 Å². The van der Waals surface area contributed by atoms with Gasteiger partial charge in [-0.3, -0.25) is 0 Å². The van der Waals surface area contributed by atoms with Gasteiger partial charge in [0.05, 0.1) is 0 Å². The summed E-state index contributed by atoms with van der Waals surface area (Å²) in [5.41, 5.74) is 0.572. The fourth-order valence-electron chi connectivity index (χ4n) is 3.09. The van der Waals surface area contributed by atoms with Crippen molar-refractivity contribution in [3.63, 3.8) is 0 Å². The number of nitrogens with one attached hydrogen (secondary N) is 1. The van der Waals surface area contributed by atoms with E-state index in [-0.39, 0.29) is 0 Å². The van der Waals surface area contributed by atoms with E-state index < -0.39 is 0 Å². The third-order valence-corrected chi connectivity index (χ3v) is 4.88. The summed E-state index contributed by atoms with van der Waals surface area (Å²) in [6, 6.07) is 1.59. The van der Waals surface area contributed by atoms with Crippen LogP contribution in [0.25, 0.3) is 0 Å². The molecule has 3 atom stereocenters. The fraction of sp³-hybridized carbons (Fsp3) is 1.00. The minimum atomic E-state index is 0.572. The highest BCUT2D eigenvalue weighted by molar-refractivity contribution is 7.99. The number of hydrogen-bond acceptors (Lipinski definition) is 2. The van der Waals surface area contributed by atoms with E-state index in [1.165, 1.54) is 30.8 Å². The number of thioether (sulfide) groups is 1. The fourth-order valence-corrected chi connectivity index (χ4v) is 4.25. The van der Waals surface area contributed by atoms with Crippen LogP contribution in [-0.4, -0.2) is 23.6 Å². The molecule has 0 aromatic rings. The van der Waals surface area contributed by atoms with Gasteiger partial charge in [0.1, 0.15) is 0 Å². The predicted octanol–water partition coefficient (Wildman–Crippen LogP) is 2.91. The first-order valence-electron chi connectivity index (χ1n) is 5.91. The molecule has 0 aromatic heterocycles. The van der Waals surface area contributed by atoms with Crippen molar-refractivity contribution in [1.82, 2.24) is 5.32 Å². The first-order chi connectivity index (χ1) is 6.57. The summed E-state index contributed by atoms with van der Waals surface area (Å²) in [5, 5.41) is 3.86. The average Bonchev–Trinajstić information content (AvgIpc) is 2.61. The van der Waals surface area contributed by atoms with E-state index in [9.17, 15) is 0 Å². The molecule has 2 heteroatoms. The Morgan fingerprint density at radius 1 is 1.29 bits per heavy atom. The molecule has 2 rings (SSSR count). The monoisotopic (exact) mass is 213 g/mol. The summed E-state index contributed by atoms with van der Waals surface area (Å²) in [4.78, 5) is 0. The zero-order valence-electron chi connectivity index (χ0n) is 9.68. The Labute approximate surface area is 92.4 Å². The second-order valence-corrected chi connectivity index (χ2v) is 7.03. The molecule has 1 aliphatic carbocycles. The van der Waals surface area contributed by atoms with Crippen LogP contribution in [0, 0.1) is 11.3 Å². The lowest BCUT2D eigenvalue weighted by molar-refractivity contribution is 0.356. The first-order valence-corrected chi connectivity index (χ1v) is 7.06. The molecule has 82 valence electrons. The second-order valence-electron chi connectivity index (χ2n) is 5.88. The molecule has 1 saturated heterocycles. The van der Waals surface area contributed by atoms with E-state index in [4.69, 9.17) is 0 Å². The smallest absolute Gasteiger partial charge is 0.0168 e. The van der Waals surface area contributed by atoms with Crippen molar-refractivity contribution >= 4 is 11.8 Å². The van der Waals surface area contributed by atoms with Crippen molar-refractivity contribution < 1.29 is 0 Å². The van der Waals surface area contributed by atoms with Crippen molar-refractivity contribution in [3.8, 4) is 0 Å². The molecule has 0 amide bonds. The van der Waals surface area contributed by atoms with E-state index in [1.54, 1.807) is 0 Å². The van der Waals surface area contributed by atoms with E-state index in [0.717, 1.165) is 18.0 Å².